The van der Waals surface area contributed by atoms with Gasteiger partial charge in [0.25, 0.3) is 5.78 Å². The lowest BCUT2D eigenvalue weighted by molar-refractivity contribution is -0.132. The van der Waals surface area contributed by atoms with Crippen molar-refractivity contribution >= 4 is 56.5 Å². The van der Waals surface area contributed by atoms with Crippen molar-refractivity contribution in [3.05, 3.63) is 107 Å². The summed E-state index contributed by atoms with van der Waals surface area (Å²) >= 11 is 2.65. The number of rotatable bonds is 8. The van der Waals surface area contributed by atoms with Gasteiger partial charge in [0.1, 0.15) is 11.5 Å². The number of ether oxygens (including phenoxy) is 2. The Kier molecular flexibility index (Phi) is 7.75. The van der Waals surface area contributed by atoms with Crippen LogP contribution in [-0.2, 0) is 15.3 Å². The predicted octanol–water partition coefficient (Wildman–Crippen LogP) is 6.33. The lowest BCUT2D eigenvalue weighted by Gasteiger charge is -2.22. The second-order valence-electron chi connectivity index (χ2n) is 9.61. The van der Waals surface area contributed by atoms with Crippen LogP contribution in [-0.4, -0.2) is 46.3 Å². The molecule has 0 saturated carbocycles. The van der Waals surface area contributed by atoms with Crippen LogP contribution in [0.15, 0.2) is 94.8 Å². The van der Waals surface area contributed by atoms with Gasteiger partial charge in [0, 0.05) is 11.3 Å². The van der Waals surface area contributed by atoms with Gasteiger partial charge < -0.3 is 19.7 Å². The van der Waals surface area contributed by atoms with Gasteiger partial charge in [-0.05, 0) is 52.2 Å². The molecule has 1 aliphatic heterocycles. The second kappa shape index (κ2) is 11.8. The van der Waals surface area contributed by atoms with Gasteiger partial charge in [-0.2, -0.15) is 0 Å². The summed E-state index contributed by atoms with van der Waals surface area (Å²) in [4.78, 5) is 28.3. The maximum absolute atomic E-state index is 13.5. The number of phenols is 1. The number of aliphatic hydroxyl groups excluding tert-OH is 1. The number of hydrogen-bond donors (Lipinski definition) is 2. The van der Waals surface area contributed by atoms with E-state index in [1.54, 1.807) is 24.3 Å². The van der Waals surface area contributed by atoms with E-state index in [2.05, 4.69) is 34.5 Å². The number of carbonyl (C=O) groups is 2. The third-order valence-electron chi connectivity index (χ3n) is 7.12. The Hall–Kier alpha value is -4.87. The number of aliphatic hydroxyl groups is 1. The molecule has 4 aromatic carbocycles. The van der Waals surface area contributed by atoms with Crippen molar-refractivity contribution < 1.29 is 29.3 Å². The fourth-order valence-electron chi connectivity index (χ4n) is 5.10. The van der Waals surface area contributed by atoms with E-state index in [0.29, 0.717) is 27.2 Å². The second-order valence-corrected chi connectivity index (χ2v) is 11.8. The first-order valence-electron chi connectivity index (χ1n) is 13.1. The van der Waals surface area contributed by atoms with Crippen molar-refractivity contribution in [3.8, 4) is 17.2 Å². The number of hydrogen-bond acceptors (Lipinski definition) is 10. The third kappa shape index (κ3) is 5.28. The number of aromatic nitrogens is 2. The number of Topliss-reactive ketones (excluding diaryl/α,β-unsaturated/α-hetero) is 1. The molecule has 1 aliphatic rings. The summed E-state index contributed by atoms with van der Waals surface area (Å²) in [6, 6.07) is 24.1. The number of carbonyl (C=O) groups excluding carboxylic acids is 2. The number of nitrogens with zero attached hydrogens (tertiary/aromatic N) is 3. The van der Waals surface area contributed by atoms with Gasteiger partial charge in [-0.1, -0.05) is 77.7 Å². The number of aromatic hydroxyl groups is 1. The SMILES string of the molecule is COc1ccc(/C(O)=C2\C(=O)C(=O)N(c3nnc(SCc4cccc5ccccc45)s3)C2c2cccc(O)c2)cc1OC. The van der Waals surface area contributed by atoms with Crippen LogP contribution in [0.4, 0.5) is 5.13 Å². The molecule has 1 unspecified atom stereocenters. The van der Waals surface area contributed by atoms with Crippen LogP contribution in [0.25, 0.3) is 16.5 Å². The largest absolute Gasteiger partial charge is 0.508 e. The number of fused-ring (bicyclic) bond motifs is 1. The van der Waals surface area contributed by atoms with E-state index in [0.717, 1.165) is 16.3 Å². The average Bonchev–Trinajstić information content (AvgIpc) is 3.60. The predicted molar refractivity (Wildman–Crippen MR) is 166 cm³/mol. The molecule has 0 radical (unpaired) electrons. The molecule has 1 fully saturated rings. The highest BCUT2D eigenvalue weighted by Gasteiger charge is 2.48. The Morgan fingerprint density at radius 3 is 2.49 bits per heavy atom. The molecule has 9 nitrogen and oxygen atoms in total. The van der Waals surface area contributed by atoms with Gasteiger partial charge in [-0.15, -0.1) is 10.2 Å². The Bertz CT molecular complexity index is 1900. The van der Waals surface area contributed by atoms with Gasteiger partial charge in [-0.25, -0.2) is 0 Å². The molecule has 11 heteroatoms. The molecule has 43 heavy (non-hydrogen) atoms. The Labute approximate surface area is 255 Å². The van der Waals surface area contributed by atoms with Crippen LogP contribution in [0.5, 0.6) is 17.2 Å². The number of methoxy groups -OCH3 is 2. The minimum Gasteiger partial charge on any atom is -0.508 e. The highest BCUT2D eigenvalue weighted by molar-refractivity contribution is 8.00. The van der Waals surface area contributed by atoms with E-state index >= 15 is 0 Å². The van der Waals surface area contributed by atoms with Gasteiger partial charge in [0.2, 0.25) is 5.13 Å². The maximum Gasteiger partial charge on any atom is 0.301 e. The summed E-state index contributed by atoms with van der Waals surface area (Å²) in [7, 11) is 2.94. The van der Waals surface area contributed by atoms with Crippen LogP contribution in [0.2, 0.25) is 0 Å². The smallest absolute Gasteiger partial charge is 0.301 e. The molecule has 0 bridgehead atoms. The zero-order valence-electron chi connectivity index (χ0n) is 23.1. The molecule has 6 rings (SSSR count). The summed E-state index contributed by atoms with van der Waals surface area (Å²) in [5.74, 6) is -0.802. The molecule has 0 spiro atoms. The number of benzene rings is 4. The molecular formula is C32H25N3O6S2. The first-order valence-corrected chi connectivity index (χ1v) is 14.9. The van der Waals surface area contributed by atoms with E-state index in [9.17, 15) is 19.8 Å². The highest BCUT2D eigenvalue weighted by atomic mass is 32.2. The molecule has 1 saturated heterocycles. The number of amides is 1. The maximum atomic E-state index is 13.5. The van der Waals surface area contributed by atoms with Gasteiger partial charge in [0.15, 0.2) is 15.8 Å². The number of anilines is 1. The normalized spacial score (nSPS) is 16.1. The van der Waals surface area contributed by atoms with Crippen molar-refractivity contribution in [1.29, 1.82) is 0 Å². The molecule has 5 aromatic rings. The molecule has 0 aliphatic carbocycles. The zero-order valence-corrected chi connectivity index (χ0v) is 24.7. The van der Waals surface area contributed by atoms with Crippen LogP contribution in [0.3, 0.4) is 0 Å². The van der Waals surface area contributed by atoms with E-state index in [-0.39, 0.29) is 22.0 Å². The number of ketones is 1. The minimum atomic E-state index is -1.07. The van der Waals surface area contributed by atoms with Gasteiger partial charge in [0.05, 0.1) is 25.8 Å². The first-order chi connectivity index (χ1) is 20.9. The molecule has 2 N–H and O–H groups in total. The van der Waals surface area contributed by atoms with Crippen molar-refractivity contribution in [2.24, 2.45) is 0 Å². The fourth-order valence-corrected chi connectivity index (χ4v) is 6.97. The number of phenolic OH excluding ortho intramolecular Hbond substituents is 1. The standard InChI is InChI=1S/C32H25N3O6S2/c1-40-24-14-13-20(16-25(24)41-2)28(37)26-27(19-9-6-11-22(36)15-19)35(30(39)29(26)38)31-33-34-32(43-31)42-17-21-10-5-8-18-7-3-4-12-23(18)21/h3-16,27,36-37H,17H2,1-2H3/b28-26+. The third-order valence-corrected chi connectivity index (χ3v) is 9.22. The molecule has 2 heterocycles. The Morgan fingerprint density at radius 2 is 1.70 bits per heavy atom. The van der Waals surface area contributed by atoms with Crippen LogP contribution in [0, 0.1) is 0 Å². The summed E-state index contributed by atoms with van der Waals surface area (Å²) in [6.45, 7) is 0. The molecular weight excluding hydrogens is 587 g/mol. The van der Waals surface area contributed by atoms with Crippen molar-refractivity contribution in [2.75, 3.05) is 19.1 Å². The minimum absolute atomic E-state index is 0.0576. The zero-order chi connectivity index (χ0) is 30.1. The Balaban J connectivity index is 1.38. The topological polar surface area (TPSA) is 122 Å². The van der Waals surface area contributed by atoms with Crippen LogP contribution in [0.1, 0.15) is 22.7 Å². The van der Waals surface area contributed by atoms with Gasteiger partial charge in [-0.3, -0.25) is 14.5 Å². The summed E-state index contributed by atoms with van der Waals surface area (Å²) in [6.07, 6.45) is 0. The molecule has 1 aromatic heterocycles. The van der Waals surface area contributed by atoms with E-state index in [1.807, 2.05) is 18.2 Å². The highest BCUT2D eigenvalue weighted by Crippen LogP contribution is 2.45. The van der Waals surface area contributed by atoms with Crippen molar-refractivity contribution in [2.45, 2.75) is 16.1 Å². The van der Waals surface area contributed by atoms with E-state index in [4.69, 9.17) is 9.47 Å². The summed E-state index contributed by atoms with van der Waals surface area (Å²) < 4.78 is 11.3. The Morgan fingerprint density at radius 1 is 0.930 bits per heavy atom. The van der Waals surface area contributed by atoms with Crippen LogP contribution >= 0.6 is 23.1 Å². The quantitative estimate of drug-likeness (QED) is 0.0681. The molecule has 1 amide bonds. The summed E-state index contributed by atoms with van der Waals surface area (Å²) in [5.41, 5.74) is 1.66. The monoisotopic (exact) mass is 611 g/mol. The average molecular weight is 612 g/mol. The lowest BCUT2D eigenvalue weighted by atomic mass is 9.95. The van der Waals surface area contributed by atoms with E-state index in [1.165, 1.54) is 60.4 Å². The van der Waals surface area contributed by atoms with E-state index < -0.39 is 23.5 Å². The first kappa shape index (κ1) is 28.3. The summed E-state index contributed by atoms with van der Waals surface area (Å²) in [5, 5.41) is 32.8. The number of thioether (sulfide) groups is 1. The molecule has 216 valence electrons. The fraction of sp³-hybridized carbons (Fsp3) is 0.125. The lowest BCUT2D eigenvalue weighted by Crippen LogP contribution is -2.29. The van der Waals surface area contributed by atoms with Crippen LogP contribution < -0.4 is 14.4 Å². The molecule has 1 atom stereocenters. The van der Waals surface area contributed by atoms with Gasteiger partial charge >= 0.3 is 5.91 Å². The van der Waals surface area contributed by atoms with Crippen molar-refractivity contribution in [3.63, 3.8) is 0 Å². The van der Waals surface area contributed by atoms with Crippen molar-refractivity contribution in [1.82, 2.24) is 10.2 Å².